The van der Waals surface area contributed by atoms with Crippen molar-refractivity contribution in [3.63, 3.8) is 0 Å². The van der Waals surface area contributed by atoms with Gasteiger partial charge in [-0.1, -0.05) is 41.7 Å². The van der Waals surface area contributed by atoms with Crippen LogP contribution in [0.25, 0.3) is 0 Å². The molecule has 1 heterocycles. The predicted molar refractivity (Wildman–Crippen MR) is 111 cm³/mol. The number of carbonyl (C=O) groups is 1. The topological polar surface area (TPSA) is 41.5 Å². The van der Waals surface area contributed by atoms with Crippen LogP contribution in [0.1, 0.15) is 51.0 Å². The van der Waals surface area contributed by atoms with E-state index in [4.69, 9.17) is 4.99 Å². The van der Waals surface area contributed by atoms with E-state index in [0.717, 1.165) is 33.6 Å². The monoisotopic (exact) mass is 386 g/mol. The first-order chi connectivity index (χ1) is 12.6. The van der Waals surface area contributed by atoms with Gasteiger partial charge in [-0.3, -0.25) is 4.79 Å². The molecule has 4 bridgehead atoms. The highest BCUT2D eigenvalue weighted by atomic mass is 32.2. The summed E-state index contributed by atoms with van der Waals surface area (Å²) in [4.78, 5) is 17.7. The average molecular weight is 387 g/mol. The van der Waals surface area contributed by atoms with E-state index >= 15 is 0 Å². The molecule has 1 aromatic rings. The molecule has 4 fully saturated rings. The highest BCUT2D eigenvalue weighted by Gasteiger charge is 2.51. The van der Waals surface area contributed by atoms with Crippen LogP contribution < -0.4 is 5.32 Å². The van der Waals surface area contributed by atoms with Crippen molar-refractivity contribution in [3.8, 4) is 0 Å². The molecule has 4 aliphatic carbocycles. The van der Waals surface area contributed by atoms with Crippen LogP contribution in [-0.4, -0.2) is 21.1 Å². The average Bonchev–Trinajstić information content (AvgIpc) is 2.60. The Morgan fingerprint density at radius 3 is 2.54 bits per heavy atom. The van der Waals surface area contributed by atoms with E-state index in [1.54, 1.807) is 23.5 Å². The Balaban J connectivity index is 1.25. The van der Waals surface area contributed by atoms with Crippen molar-refractivity contribution in [2.45, 2.75) is 62.0 Å². The molecule has 26 heavy (non-hydrogen) atoms. The van der Waals surface area contributed by atoms with Gasteiger partial charge in [0.1, 0.15) is 4.38 Å². The quantitative estimate of drug-likeness (QED) is 0.783. The van der Waals surface area contributed by atoms with Gasteiger partial charge in [0.2, 0.25) is 5.91 Å². The second kappa shape index (κ2) is 6.59. The normalized spacial score (nSPS) is 35.6. The van der Waals surface area contributed by atoms with Gasteiger partial charge in [0, 0.05) is 11.3 Å². The maximum atomic E-state index is 13.0. The molecule has 1 atom stereocenters. The van der Waals surface area contributed by atoms with Gasteiger partial charge < -0.3 is 5.32 Å². The van der Waals surface area contributed by atoms with Crippen LogP contribution in [0.15, 0.2) is 29.3 Å². The van der Waals surface area contributed by atoms with Gasteiger partial charge in [-0.25, -0.2) is 4.99 Å². The lowest BCUT2D eigenvalue weighted by atomic mass is 9.53. The first-order valence-electron chi connectivity index (χ1n) is 9.87. The summed E-state index contributed by atoms with van der Waals surface area (Å²) in [6.07, 6.45) is 7.87. The summed E-state index contributed by atoms with van der Waals surface area (Å²) in [6, 6.07) is 8.30. The molecule has 0 radical (unpaired) electrons. The van der Waals surface area contributed by atoms with Crippen LogP contribution in [-0.2, 0) is 10.5 Å². The zero-order valence-corrected chi connectivity index (χ0v) is 16.9. The van der Waals surface area contributed by atoms with Crippen molar-refractivity contribution in [2.75, 3.05) is 0 Å². The Labute approximate surface area is 164 Å². The molecule has 6 rings (SSSR count). The largest absolute Gasteiger partial charge is 0.350 e. The molecule has 5 aliphatic rings. The summed E-state index contributed by atoms with van der Waals surface area (Å²) >= 11 is 3.38. The Hall–Kier alpha value is -0.940. The summed E-state index contributed by atoms with van der Waals surface area (Å²) in [7, 11) is 0. The number of fused-ring (bicyclic) bond motifs is 1. The van der Waals surface area contributed by atoms with Crippen LogP contribution in [0, 0.1) is 17.8 Å². The summed E-state index contributed by atoms with van der Waals surface area (Å²) in [5.41, 5.74) is 2.45. The maximum Gasteiger partial charge on any atom is 0.233 e. The van der Waals surface area contributed by atoms with Crippen molar-refractivity contribution in [1.82, 2.24) is 5.32 Å². The lowest BCUT2D eigenvalue weighted by Crippen LogP contribution is -2.60. The lowest BCUT2D eigenvalue weighted by Gasteiger charge is -2.57. The number of carbonyl (C=O) groups excluding carboxylic acids is 1. The van der Waals surface area contributed by atoms with E-state index in [0.29, 0.717) is 0 Å². The number of thioether (sulfide) groups is 2. The Morgan fingerprint density at radius 2 is 1.85 bits per heavy atom. The second-order valence-corrected chi connectivity index (χ2v) is 11.3. The third kappa shape index (κ3) is 3.22. The highest BCUT2D eigenvalue weighted by molar-refractivity contribution is 8.39. The van der Waals surface area contributed by atoms with E-state index in [1.165, 1.54) is 44.1 Å². The summed E-state index contributed by atoms with van der Waals surface area (Å²) in [5, 5.41) is 3.43. The summed E-state index contributed by atoms with van der Waals surface area (Å²) in [5.74, 6) is 3.74. The molecule has 1 N–H and O–H groups in total. The molecular formula is C21H26N2OS2. The Bertz CT molecular complexity index is 725. The maximum absolute atomic E-state index is 13.0. The number of amides is 1. The molecule has 1 aliphatic heterocycles. The van der Waals surface area contributed by atoms with E-state index in [1.807, 2.05) is 13.0 Å². The predicted octanol–water partition coefficient (Wildman–Crippen LogP) is 5.13. The molecule has 0 spiro atoms. The van der Waals surface area contributed by atoms with Crippen molar-refractivity contribution in [3.05, 3.63) is 29.8 Å². The van der Waals surface area contributed by atoms with Gasteiger partial charge in [-0.2, -0.15) is 0 Å². The molecule has 0 aromatic heterocycles. The number of benzene rings is 1. The molecule has 4 saturated carbocycles. The number of hydrogen-bond acceptors (Lipinski definition) is 4. The van der Waals surface area contributed by atoms with Crippen molar-refractivity contribution < 1.29 is 4.79 Å². The minimum absolute atomic E-state index is 0.0838. The van der Waals surface area contributed by atoms with Crippen LogP contribution in [0.5, 0.6) is 0 Å². The van der Waals surface area contributed by atoms with E-state index in [9.17, 15) is 4.79 Å². The van der Waals surface area contributed by atoms with Gasteiger partial charge in [-0.05, 0) is 74.8 Å². The SMILES string of the molecule is CC(SC1=Nc2ccccc2CS1)C(=O)NC12CC3CC(CC(C3)C1)C2. The number of nitrogens with one attached hydrogen (secondary N) is 1. The van der Waals surface area contributed by atoms with Crippen LogP contribution in [0.4, 0.5) is 5.69 Å². The van der Waals surface area contributed by atoms with Crippen molar-refractivity contribution in [2.24, 2.45) is 22.7 Å². The molecule has 1 aromatic carbocycles. The fraction of sp³-hybridized carbons (Fsp3) is 0.619. The number of aliphatic imine (C=N–C) groups is 1. The van der Waals surface area contributed by atoms with E-state index in [-0.39, 0.29) is 16.7 Å². The Morgan fingerprint density at radius 1 is 1.19 bits per heavy atom. The van der Waals surface area contributed by atoms with Gasteiger partial charge >= 0.3 is 0 Å². The molecule has 3 nitrogen and oxygen atoms in total. The van der Waals surface area contributed by atoms with Crippen LogP contribution in [0.3, 0.4) is 0 Å². The fourth-order valence-corrected chi connectivity index (χ4v) is 8.09. The van der Waals surface area contributed by atoms with Gasteiger partial charge in [0.25, 0.3) is 0 Å². The third-order valence-corrected chi connectivity index (χ3v) is 8.92. The van der Waals surface area contributed by atoms with E-state index < -0.39 is 0 Å². The molecule has 0 saturated heterocycles. The summed E-state index contributed by atoms with van der Waals surface area (Å²) < 4.78 is 1.02. The number of para-hydroxylation sites is 1. The summed E-state index contributed by atoms with van der Waals surface area (Å²) in [6.45, 7) is 2.03. The minimum atomic E-state index is -0.0838. The highest BCUT2D eigenvalue weighted by Crippen LogP contribution is 2.55. The van der Waals surface area contributed by atoms with E-state index in [2.05, 4.69) is 23.5 Å². The van der Waals surface area contributed by atoms with Crippen molar-refractivity contribution >= 4 is 39.5 Å². The van der Waals surface area contributed by atoms with Crippen LogP contribution >= 0.6 is 23.5 Å². The molecule has 5 heteroatoms. The third-order valence-electron chi connectivity index (χ3n) is 6.63. The van der Waals surface area contributed by atoms with Crippen LogP contribution in [0.2, 0.25) is 0 Å². The molecule has 1 amide bonds. The second-order valence-electron chi connectivity index (χ2n) is 8.74. The number of hydrogen-bond donors (Lipinski definition) is 1. The zero-order chi connectivity index (χ0) is 17.7. The fourth-order valence-electron chi connectivity index (χ4n) is 5.90. The first kappa shape index (κ1) is 17.2. The van der Waals surface area contributed by atoms with Gasteiger partial charge in [-0.15, -0.1) is 0 Å². The molecular weight excluding hydrogens is 360 g/mol. The van der Waals surface area contributed by atoms with Gasteiger partial charge in [0.15, 0.2) is 0 Å². The van der Waals surface area contributed by atoms with Gasteiger partial charge in [0.05, 0.1) is 10.9 Å². The standard InChI is InChI=1S/C21H26N2OS2/c1-13(26-20-22-18-5-3-2-4-17(18)12-25-20)19(24)23-21-9-14-6-15(10-21)8-16(7-14)11-21/h2-5,13-16H,6-12H2,1H3,(H,23,24). The lowest BCUT2D eigenvalue weighted by molar-refractivity contribution is -0.126. The first-order valence-corrected chi connectivity index (χ1v) is 11.7. The Kier molecular flexibility index (Phi) is 4.35. The molecule has 138 valence electrons. The zero-order valence-electron chi connectivity index (χ0n) is 15.2. The van der Waals surface area contributed by atoms with Crippen molar-refractivity contribution in [1.29, 1.82) is 0 Å². The minimum Gasteiger partial charge on any atom is -0.350 e. The molecule has 1 unspecified atom stereocenters. The number of nitrogens with zero attached hydrogens (tertiary/aromatic N) is 1. The smallest absolute Gasteiger partial charge is 0.233 e. The number of rotatable bonds is 3.